The van der Waals surface area contributed by atoms with E-state index in [0.717, 1.165) is 49.5 Å². The van der Waals surface area contributed by atoms with E-state index in [1.807, 2.05) is 77.7 Å². The van der Waals surface area contributed by atoms with E-state index >= 15 is 0 Å². The molecule has 6 nitrogen and oxygen atoms in total. The molecule has 0 aliphatic carbocycles. The van der Waals surface area contributed by atoms with Gasteiger partial charge in [-0.05, 0) is 60.1 Å². The van der Waals surface area contributed by atoms with Crippen molar-refractivity contribution in [3.05, 3.63) is 100 Å². The lowest BCUT2D eigenvalue weighted by Gasteiger charge is -2.34. The van der Waals surface area contributed by atoms with Crippen LogP contribution in [0.25, 0.3) is 6.08 Å². The van der Waals surface area contributed by atoms with Gasteiger partial charge in [0.2, 0.25) is 0 Å². The van der Waals surface area contributed by atoms with Gasteiger partial charge in [0, 0.05) is 36.8 Å². The van der Waals surface area contributed by atoms with Crippen LogP contribution in [0.2, 0.25) is 5.02 Å². The number of amides is 2. The van der Waals surface area contributed by atoms with Gasteiger partial charge in [-0.2, -0.15) is 0 Å². The van der Waals surface area contributed by atoms with Gasteiger partial charge in [-0.25, -0.2) is 0 Å². The van der Waals surface area contributed by atoms with Crippen LogP contribution >= 0.6 is 11.6 Å². The molecule has 5 rings (SSSR count). The van der Waals surface area contributed by atoms with Gasteiger partial charge in [-0.3, -0.25) is 14.5 Å². The number of anilines is 1. The molecule has 2 aliphatic rings. The number of hydrogen-bond acceptors (Lipinski definition) is 4. The van der Waals surface area contributed by atoms with Crippen molar-refractivity contribution in [2.45, 2.75) is 13.5 Å². The van der Waals surface area contributed by atoms with Gasteiger partial charge in [-0.15, -0.1) is 0 Å². The SMILES string of the molecule is CCN1CCN(C(=O)c2ccc(/C=C3\Oc4ccccc4N(Cc4ccc(Cl)cc4)C3=O)cc2)CC1. The number of hydrogen-bond donors (Lipinski definition) is 0. The smallest absolute Gasteiger partial charge is 0.294 e. The second-order valence-corrected chi connectivity index (χ2v) is 9.38. The molecule has 1 saturated heterocycles. The summed E-state index contributed by atoms with van der Waals surface area (Å²) in [5.74, 6) is 0.670. The molecule has 0 radical (unpaired) electrons. The minimum absolute atomic E-state index is 0.0398. The summed E-state index contributed by atoms with van der Waals surface area (Å²) in [6, 6.07) is 22.3. The van der Waals surface area contributed by atoms with Crippen LogP contribution in [0.5, 0.6) is 5.75 Å². The summed E-state index contributed by atoms with van der Waals surface area (Å²) in [6.45, 7) is 6.83. The molecule has 3 aromatic carbocycles. The first-order valence-corrected chi connectivity index (χ1v) is 12.6. The summed E-state index contributed by atoms with van der Waals surface area (Å²) < 4.78 is 6.00. The van der Waals surface area contributed by atoms with E-state index < -0.39 is 0 Å². The van der Waals surface area contributed by atoms with E-state index in [2.05, 4.69) is 11.8 Å². The fourth-order valence-corrected chi connectivity index (χ4v) is 4.64. The van der Waals surface area contributed by atoms with Gasteiger partial charge in [0.15, 0.2) is 11.5 Å². The third kappa shape index (κ3) is 5.15. The number of nitrogens with zero attached hydrogens (tertiary/aromatic N) is 3. The van der Waals surface area contributed by atoms with Crippen molar-refractivity contribution in [3.8, 4) is 5.75 Å². The first-order valence-electron chi connectivity index (χ1n) is 12.2. The third-order valence-electron chi connectivity index (χ3n) is 6.65. The van der Waals surface area contributed by atoms with Crippen molar-refractivity contribution in [2.24, 2.45) is 0 Å². The summed E-state index contributed by atoms with van der Waals surface area (Å²) >= 11 is 6.03. The highest BCUT2D eigenvalue weighted by molar-refractivity contribution is 6.30. The molecule has 0 spiro atoms. The minimum Gasteiger partial charge on any atom is -0.449 e. The Morgan fingerprint density at radius 2 is 1.64 bits per heavy atom. The number of halogens is 1. The van der Waals surface area contributed by atoms with Crippen LogP contribution in [0.3, 0.4) is 0 Å². The Morgan fingerprint density at radius 3 is 2.33 bits per heavy atom. The van der Waals surface area contributed by atoms with Gasteiger partial charge in [-0.1, -0.05) is 54.9 Å². The molecule has 2 aliphatic heterocycles. The summed E-state index contributed by atoms with van der Waals surface area (Å²) in [6.07, 6.45) is 1.72. The molecule has 36 heavy (non-hydrogen) atoms. The Labute approximate surface area is 216 Å². The molecule has 2 amide bonds. The van der Waals surface area contributed by atoms with Gasteiger partial charge in [0.1, 0.15) is 0 Å². The van der Waals surface area contributed by atoms with Gasteiger partial charge in [0.25, 0.3) is 11.8 Å². The van der Waals surface area contributed by atoms with E-state index in [-0.39, 0.29) is 17.6 Å². The fourth-order valence-electron chi connectivity index (χ4n) is 4.51. The molecule has 184 valence electrons. The van der Waals surface area contributed by atoms with Crippen molar-refractivity contribution in [1.82, 2.24) is 9.80 Å². The molecule has 7 heteroatoms. The largest absolute Gasteiger partial charge is 0.449 e. The van der Waals surface area contributed by atoms with Gasteiger partial charge >= 0.3 is 0 Å². The first kappa shape index (κ1) is 24.1. The Morgan fingerprint density at radius 1 is 0.944 bits per heavy atom. The highest BCUT2D eigenvalue weighted by atomic mass is 35.5. The Hall–Kier alpha value is -3.61. The second-order valence-electron chi connectivity index (χ2n) is 8.94. The van der Waals surface area contributed by atoms with Gasteiger partial charge in [0.05, 0.1) is 12.2 Å². The predicted molar refractivity (Wildman–Crippen MR) is 142 cm³/mol. The zero-order valence-corrected chi connectivity index (χ0v) is 20.9. The highest BCUT2D eigenvalue weighted by Crippen LogP contribution is 2.36. The number of rotatable bonds is 5. The van der Waals surface area contributed by atoms with Crippen molar-refractivity contribution in [2.75, 3.05) is 37.6 Å². The zero-order chi connectivity index (χ0) is 25.1. The lowest BCUT2D eigenvalue weighted by Crippen LogP contribution is -2.48. The molecule has 0 unspecified atom stereocenters. The maximum Gasteiger partial charge on any atom is 0.294 e. The van der Waals surface area contributed by atoms with Crippen LogP contribution in [-0.2, 0) is 11.3 Å². The summed E-state index contributed by atoms with van der Waals surface area (Å²) in [5.41, 5.74) is 3.12. The maximum absolute atomic E-state index is 13.4. The van der Waals surface area contributed by atoms with Crippen LogP contribution in [0.1, 0.15) is 28.4 Å². The molecule has 0 atom stereocenters. The number of benzene rings is 3. The van der Waals surface area contributed by atoms with Crippen LogP contribution in [-0.4, -0.2) is 54.3 Å². The van der Waals surface area contributed by atoms with Crippen molar-refractivity contribution >= 4 is 35.2 Å². The van der Waals surface area contributed by atoms with Crippen molar-refractivity contribution in [3.63, 3.8) is 0 Å². The lowest BCUT2D eigenvalue weighted by molar-refractivity contribution is -0.117. The normalized spacial score (nSPS) is 17.2. The Bertz CT molecular complexity index is 1280. The van der Waals surface area contributed by atoms with E-state index in [1.165, 1.54) is 0 Å². The van der Waals surface area contributed by atoms with Crippen molar-refractivity contribution < 1.29 is 14.3 Å². The van der Waals surface area contributed by atoms with Crippen LogP contribution in [0, 0.1) is 0 Å². The number of carbonyl (C=O) groups is 2. The van der Waals surface area contributed by atoms with Crippen LogP contribution < -0.4 is 9.64 Å². The number of para-hydroxylation sites is 2. The summed E-state index contributed by atoms with van der Waals surface area (Å²) in [7, 11) is 0. The minimum atomic E-state index is -0.224. The van der Waals surface area contributed by atoms with E-state index in [9.17, 15) is 9.59 Å². The molecule has 1 fully saturated rings. The molecule has 0 aromatic heterocycles. The molecular formula is C29H28ClN3O3. The molecule has 0 bridgehead atoms. The number of likely N-dealkylation sites (N-methyl/N-ethyl adjacent to an activating group) is 1. The van der Waals surface area contributed by atoms with E-state index in [1.54, 1.807) is 11.0 Å². The quantitative estimate of drug-likeness (QED) is 0.457. The number of fused-ring (bicyclic) bond motifs is 1. The maximum atomic E-state index is 13.4. The number of ether oxygens (including phenoxy) is 1. The Balaban J connectivity index is 1.35. The predicted octanol–water partition coefficient (Wildman–Crippen LogP) is 5.08. The van der Waals surface area contributed by atoms with E-state index in [4.69, 9.17) is 16.3 Å². The molecular weight excluding hydrogens is 474 g/mol. The molecule has 2 heterocycles. The molecule has 0 N–H and O–H groups in total. The topological polar surface area (TPSA) is 53.1 Å². The van der Waals surface area contributed by atoms with Crippen molar-refractivity contribution in [1.29, 1.82) is 0 Å². The average Bonchev–Trinajstić information content (AvgIpc) is 2.92. The first-order chi connectivity index (χ1) is 17.5. The van der Waals surface area contributed by atoms with Crippen LogP contribution in [0.4, 0.5) is 5.69 Å². The van der Waals surface area contributed by atoms with Crippen LogP contribution in [0.15, 0.2) is 78.6 Å². The highest BCUT2D eigenvalue weighted by Gasteiger charge is 2.30. The number of piperazine rings is 1. The lowest BCUT2D eigenvalue weighted by atomic mass is 10.1. The third-order valence-corrected chi connectivity index (χ3v) is 6.90. The average molecular weight is 502 g/mol. The standard InChI is InChI=1S/C29H28ClN3O3/c1-2-31-15-17-32(18-16-31)28(34)23-11-7-21(8-12-23)19-27-29(35)33(20-22-9-13-24(30)14-10-22)25-5-3-4-6-26(25)36-27/h3-14,19H,2,15-18,20H2,1H3/b27-19-. The summed E-state index contributed by atoms with van der Waals surface area (Å²) in [5, 5.41) is 0.651. The monoisotopic (exact) mass is 501 g/mol. The summed E-state index contributed by atoms with van der Waals surface area (Å²) in [4.78, 5) is 32.3. The fraction of sp³-hybridized carbons (Fsp3) is 0.241. The number of carbonyl (C=O) groups excluding carboxylic acids is 2. The second kappa shape index (κ2) is 10.6. The van der Waals surface area contributed by atoms with Gasteiger partial charge < -0.3 is 14.5 Å². The molecule has 0 saturated carbocycles. The Kier molecular flexibility index (Phi) is 7.07. The zero-order valence-electron chi connectivity index (χ0n) is 20.2. The molecule has 3 aromatic rings. The van der Waals surface area contributed by atoms with E-state index in [0.29, 0.717) is 22.9 Å².